The zero-order valence-corrected chi connectivity index (χ0v) is 19.6. The Morgan fingerprint density at radius 3 is 2.56 bits per heavy atom. The standard InChI is InChI=1S/C16H25N5O9P2/c1-16(8-5-9(8)31(22,23)27-3)12(30-32(24,25)28-4)11(26-2)15(29-16)21-7-20-10-13(17)18-6-19-14(10)21/h6-9,11-12,15H,5H2,1-4H3,(H,22,23)(H,24,25)(H2,17,18,19)/t8?,9?,11?,12-,15-,16?/m1/s1. The summed E-state index contributed by atoms with van der Waals surface area (Å²) in [4.78, 5) is 32.5. The van der Waals surface area contributed by atoms with Crippen molar-refractivity contribution in [2.75, 3.05) is 27.1 Å². The van der Waals surface area contributed by atoms with Gasteiger partial charge >= 0.3 is 15.4 Å². The van der Waals surface area contributed by atoms with Gasteiger partial charge in [0.05, 0.1) is 12.0 Å². The van der Waals surface area contributed by atoms with Crippen LogP contribution >= 0.6 is 15.4 Å². The maximum Gasteiger partial charge on any atom is 0.472 e. The van der Waals surface area contributed by atoms with Crippen molar-refractivity contribution in [2.24, 2.45) is 5.92 Å². The molecule has 14 nitrogen and oxygen atoms in total. The van der Waals surface area contributed by atoms with Gasteiger partial charge in [0, 0.05) is 27.2 Å². The minimum atomic E-state index is -4.48. The number of nitrogen functional groups attached to an aromatic ring is 1. The molecule has 3 heterocycles. The van der Waals surface area contributed by atoms with Gasteiger partial charge in [-0.2, -0.15) is 0 Å². The summed E-state index contributed by atoms with van der Waals surface area (Å²) in [5.41, 5.74) is 4.50. The molecule has 0 aromatic carbocycles. The van der Waals surface area contributed by atoms with E-state index in [4.69, 9.17) is 24.3 Å². The molecule has 0 radical (unpaired) electrons. The highest BCUT2D eigenvalue weighted by Crippen LogP contribution is 2.68. The van der Waals surface area contributed by atoms with Crippen molar-refractivity contribution in [1.82, 2.24) is 19.5 Å². The summed E-state index contributed by atoms with van der Waals surface area (Å²) in [6.45, 7) is 1.63. The fraction of sp³-hybridized carbons (Fsp3) is 0.688. The Balaban J connectivity index is 1.77. The lowest BCUT2D eigenvalue weighted by Gasteiger charge is -2.32. The summed E-state index contributed by atoms with van der Waals surface area (Å²) < 4.78 is 53.1. The molecule has 16 heteroatoms. The average Bonchev–Trinajstić information content (AvgIpc) is 3.40. The number of methoxy groups -OCH3 is 1. The van der Waals surface area contributed by atoms with E-state index in [-0.39, 0.29) is 12.2 Å². The number of nitrogens with two attached hydrogens (primary N) is 1. The molecule has 1 aliphatic heterocycles. The number of phosphoric ester groups is 1. The Bertz CT molecular complexity index is 1110. The van der Waals surface area contributed by atoms with Crippen LogP contribution < -0.4 is 5.73 Å². The van der Waals surface area contributed by atoms with Crippen LogP contribution in [-0.4, -0.2) is 74.1 Å². The monoisotopic (exact) mass is 493 g/mol. The lowest BCUT2D eigenvalue weighted by atomic mass is 9.92. The normalized spacial score (nSPS) is 36.1. The Labute approximate surface area is 183 Å². The number of imidazole rings is 1. The number of phosphoric acid groups is 1. The molecule has 4 rings (SSSR count). The Hall–Kier alpha value is -1.47. The third-order valence-corrected chi connectivity index (χ3v) is 8.99. The third-order valence-electron chi connectivity index (χ3n) is 6.10. The minimum Gasteiger partial charge on any atom is -0.382 e. The zero-order valence-electron chi connectivity index (χ0n) is 17.8. The van der Waals surface area contributed by atoms with Crippen LogP contribution in [0.1, 0.15) is 19.6 Å². The molecular weight excluding hydrogens is 468 g/mol. The summed E-state index contributed by atoms with van der Waals surface area (Å²) in [5.74, 6) is -0.364. The summed E-state index contributed by atoms with van der Waals surface area (Å²) in [7, 11) is -4.84. The quantitative estimate of drug-likeness (QED) is 0.443. The van der Waals surface area contributed by atoms with E-state index in [9.17, 15) is 18.9 Å². The van der Waals surface area contributed by atoms with Gasteiger partial charge in [0.2, 0.25) is 0 Å². The topological polar surface area (TPSA) is 190 Å². The summed E-state index contributed by atoms with van der Waals surface area (Å²) in [6.07, 6.45) is -0.0372. The van der Waals surface area contributed by atoms with Crippen molar-refractivity contribution >= 4 is 32.4 Å². The van der Waals surface area contributed by atoms with Crippen LogP contribution in [0, 0.1) is 5.92 Å². The fourth-order valence-corrected chi connectivity index (χ4v) is 6.54. The van der Waals surface area contributed by atoms with Crippen molar-refractivity contribution in [2.45, 2.75) is 43.0 Å². The molecule has 178 valence electrons. The maximum atomic E-state index is 12.4. The van der Waals surface area contributed by atoms with Crippen LogP contribution in [0.25, 0.3) is 11.2 Å². The van der Waals surface area contributed by atoms with E-state index in [2.05, 4.69) is 19.5 Å². The molecule has 32 heavy (non-hydrogen) atoms. The molecule has 2 aromatic heterocycles. The highest BCUT2D eigenvalue weighted by Gasteiger charge is 2.68. The third kappa shape index (κ3) is 3.79. The first-order valence-electron chi connectivity index (χ1n) is 9.57. The molecule has 1 saturated heterocycles. The molecular formula is C16H25N5O9P2. The molecule has 0 bridgehead atoms. The maximum absolute atomic E-state index is 12.4. The van der Waals surface area contributed by atoms with Crippen molar-refractivity contribution < 1.29 is 42.0 Å². The van der Waals surface area contributed by atoms with Crippen molar-refractivity contribution in [3.05, 3.63) is 12.7 Å². The van der Waals surface area contributed by atoms with Crippen LogP contribution in [0.3, 0.4) is 0 Å². The number of ether oxygens (including phenoxy) is 2. The molecule has 2 fully saturated rings. The van der Waals surface area contributed by atoms with E-state index < -0.39 is 51.0 Å². The molecule has 4 N–H and O–H groups in total. The number of nitrogens with zero attached hydrogens (tertiary/aromatic N) is 4. The first-order chi connectivity index (χ1) is 15.0. The van der Waals surface area contributed by atoms with E-state index in [0.717, 1.165) is 14.2 Å². The lowest BCUT2D eigenvalue weighted by molar-refractivity contribution is -0.104. The van der Waals surface area contributed by atoms with E-state index in [1.165, 1.54) is 19.8 Å². The SMILES string of the molecule is COC1[C@H](n2cnc3c(N)ncnc32)OC(C)(C2CC2P(=O)(O)OC)[C@@H]1OP(=O)(O)OC. The summed E-state index contributed by atoms with van der Waals surface area (Å²) in [6, 6.07) is 0. The Morgan fingerprint density at radius 2 is 1.94 bits per heavy atom. The van der Waals surface area contributed by atoms with Gasteiger partial charge in [0.15, 0.2) is 17.7 Å². The first kappa shape index (κ1) is 23.7. The zero-order chi connectivity index (χ0) is 23.5. The fourth-order valence-electron chi connectivity index (χ4n) is 4.32. The molecule has 8 atom stereocenters. The molecule has 2 aromatic rings. The van der Waals surface area contributed by atoms with Gasteiger partial charge in [0.1, 0.15) is 29.7 Å². The average molecular weight is 493 g/mol. The van der Waals surface area contributed by atoms with Crippen molar-refractivity contribution in [1.29, 1.82) is 0 Å². The van der Waals surface area contributed by atoms with Gasteiger partial charge < -0.3 is 29.5 Å². The Kier molecular flexibility index (Phi) is 5.98. The summed E-state index contributed by atoms with van der Waals surface area (Å²) in [5, 5.41) is 0. The second-order valence-corrected chi connectivity index (χ2v) is 11.5. The van der Waals surface area contributed by atoms with Gasteiger partial charge in [-0.3, -0.25) is 18.2 Å². The number of hydrogen-bond donors (Lipinski definition) is 3. The number of hydrogen-bond acceptors (Lipinski definition) is 11. The molecule has 0 spiro atoms. The van der Waals surface area contributed by atoms with Crippen molar-refractivity contribution in [3.63, 3.8) is 0 Å². The lowest BCUT2D eigenvalue weighted by Crippen LogP contribution is -2.45. The minimum absolute atomic E-state index is 0.166. The smallest absolute Gasteiger partial charge is 0.382 e. The molecule has 0 amide bonds. The molecule has 6 unspecified atom stereocenters. The van der Waals surface area contributed by atoms with E-state index in [1.807, 2.05) is 0 Å². The van der Waals surface area contributed by atoms with Gasteiger partial charge in [0.25, 0.3) is 0 Å². The highest BCUT2D eigenvalue weighted by molar-refractivity contribution is 7.54. The Morgan fingerprint density at radius 1 is 1.22 bits per heavy atom. The predicted molar refractivity (Wildman–Crippen MR) is 109 cm³/mol. The first-order valence-corrected chi connectivity index (χ1v) is 12.7. The van der Waals surface area contributed by atoms with Gasteiger partial charge in [-0.05, 0) is 13.3 Å². The number of fused-ring (bicyclic) bond motifs is 1. The van der Waals surface area contributed by atoms with Crippen molar-refractivity contribution in [3.8, 4) is 0 Å². The van der Waals surface area contributed by atoms with Crippen LogP contribution in [0.5, 0.6) is 0 Å². The van der Waals surface area contributed by atoms with Gasteiger partial charge in [-0.1, -0.05) is 0 Å². The number of rotatable bonds is 8. The number of anilines is 1. The highest BCUT2D eigenvalue weighted by atomic mass is 31.2. The molecule has 1 aliphatic carbocycles. The second-order valence-electron chi connectivity index (χ2n) is 7.81. The summed E-state index contributed by atoms with van der Waals surface area (Å²) >= 11 is 0. The molecule has 1 saturated carbocycles. The molecule has 2 aliphatic rings. The number of aromatic nitrogens is 4. The van der Waals surface area contributed by atoms with Crippen LogP contribution in [0.15, 0.2) is 12.7 Å². The van der Waals surface area contributed by atoms with Gasteiger partial charge in [-0.15, -0.1) is 0 Å². The van der Waals surface area contributed by atoms with Gasteiger partial charge in [-0.25, -0.2) is 19.5 Å². The predicted octanol–water partition coefficient (Wildman–Crippen LogP) is 1.06. The second kappa shape index (κ2) is 8.08. The van der Waals surface area contributed by atoms with E-state index in [1.54, 1.807) is 11.5 Å². The largest absolute Gasteiger partial charge is 0.472 e. The van der Waals surface area contributed by atoms with Crippen LogP contribution in [-0.2, 0) is 32.2 Å². The van der Waals surface area contributed by atoms with Crippen LogP contribution in [0.2, 0.25) is 0 Å². The van der Waals surface area contributed by atoms with E-state index in [0.29, 0.717) is 11.2 Å². The van der Waals surface area contributed by atoms with Crippen LogP contribution in [0.4, 0.5) is 5.82 Å². The van der Waals surface area contributed by atoms with E-state index >= 15 is 0 Å².